The molecule has 104 valence electrons. The van der Waals surface area contributed by atoms with Gasteiger partial charge in [0.15, 0.2) is 0 Å². The van der Waals surface area contributed by atoms with Gasteiger partial charge in [0.25, 0.3) is 0 Å². The molecule has 1 spiro atoms. The first-order valence-corrected chi connectivity index (χ1v) is 7.72. The Bertz CT molecular complexity index is 443. The molecule has 19 heavy (non-hydrogen) atoms. The normalized spacial score (nSPS) is 34.2. The third-order valence-corrected chi connectivity index (χ3v) is 4.88. The van der Waals surface area contributed by atoms with Crippen molar-refractivity contribution >= 4 is 0 Å². The molecule has 1 aromatic carbocycles. The van der Waals surface area contributed by atoms with E-state index in [0.29, 0.717) is 12.0 Å². The molecule has 0 bridgehead atoms. The Hall–Kier alpha value is -0.860. The zero-order valence-corrected chi connectivity index (χ0v) is 12.1. The predicted molar refractivity (Wildman–Crippen MR) is 78.4 cm³/mol. The van der Waals surface area contributed by atoms with Gasteiger partial charge in [-0.25, -0.2) is 0 Å². The fourth-order valence-electron chi connectivity index (χ4n) is 3.86. The van der Waals surface area contributed by atoms with Gasteiger partial charge in [-0.3, -0.25) is 0 Å². The van der Waals surface area contributed by atoms with Gasteiger partial charge in [-0.1, -0.05) is 38.1 Å². The lowest BCUT2D eigenvalue weighted by Gasteiger charge is -2.46. The number of ether oxygens (including phenoxy) is 1. The van der Waals surface area contributed by atoms with Crippen LogP contribution in [0, 0.1) is 0 Å². The highest BCUT2D eigenvalue weighted by atomic mass is 16.5. The summed E-state index contributed by atoms with van der Waals surface area (Å²) in [7, 11) is 0. The van der Waals surface area contributed by atoms with E-state index in [1.165, 1.54) is 24.0 Å². The van der Waals surface area contributed by atoms with Gasteiger partial charge in [-0.2, -0.15) is 0 Å². The summed E-state index contributed by atoms with van der Waals surface area (Å²) in [5, 5.41) is 3.62. The second kappa shape index (κ2) is 5.26. The van der Waals surface area contributed by atoms with Crippen molar-refractivity contribution in [3.63, 3.8) is 0 Å². The molecule has 1 N–H and O–H groups in total. The molecule has 3 atom stereocenters. The zero-order valence-electron chi connectivity index (χ0n) is 12.1. The lowest BCUT2D eigenvalue weighted by molar-refractivity contribution is -0.106. The van der Waals surface area contributed by atoms with Crippen LogP contribution in [0.3, 0.4) is 0 Å². The van der Waals surface area contributed by atoms with E-state index >= 15 is 0 Å². The maximum atomic E-state index is 6.32. The first-order valence-electron chi connectivity index (χ1n) is 7.72. The number of hydrogen-bond donors (Lipinski definition) is 1. The van der Waals surface area contributed by atoms with Crippen LogP contribution in [0.15, 0.2) is 24.3 Å². The Balaban J connectivity index is 1.94. The van der Waals surface area contributed by atoms with Crippen LogP contribution in [-0.2, 0) is 10.3 Å². The molecular weight excluding hydrogens is 234 g/mol. The van der Waals surface area contributed by atoms with Crippen LogP contribution >= 0.6 is 0 Å². The highest BCUT2D eigenvalue weighted by Crippen LogP contribution is 2.47. The van der Waals surface area contributed by atoms with Gasteiger partial charge in [0, 0.05) is 12.6 Å². The van der Waals surface area contributed by atoms with Gasteiger partial charge in [0.05, 0.1) is 5.60 Å². The zero-order chi connectivity index (χ0) is 13.3. The van der Waals surface area contributed by atoms with Gasteiger partial charge in [0.1, 0.15) is 0 Å². The molecule has 3 rings (SSSR count). The van der Waals surface area contributed by atoms with Crippen molar-refractivity contribution in [1.82, 2.24) is 5.32 Å². The van der Waals surface area contributed by atoms with Gasteiger partial charge in [-0.15, -0.1) is 0 Å². The smallest absolute Gasteiger partial charge is 0.0949 e. The number of nitrogens with one attached hydrogen (secondary N) is 1. The minimum Gasteiger partial charge on any atom is -0.370 e. The first kappa shape index (κ1) is 13.1. The molecule has 2 aliphatic rings. The Morgan fingerprint density at radius 2 is 2.16 bits per heavy atom. The van der Waals surface area contributed by atoms with Crippen LogP contribution in [0.2, 0.25) is 0 Å². The third-order valence-electron chi connectivity index (χ3n) is 4.88. The van der Waals surface area contributed by atoms with Crippen LogP contribution in [0.4, 0.5) is 0 Å². The SMILES string of the molecule is CCNC1CCOC2(CCC(C)c3ccccc32)C1. The van der Waals surface area contributed by atoms with E-state index in [0.717, 1.165) is 26.0 Å². The Morgan fingerprint density at radius 3 is 3.00 bits per heavy atom. The molecule has 0 radical (unpaired) electrons. The molecule has 1 fully saturated rings. The molecule has 1 heterocycles. The largest absolute Gasteiger partial charge is 0.370 e. The quantitative estimate of drug-likeness (QED) is 0.876. The highest BCUT2D eigenvalue weighted by Gasteiger charge is 2.43. The molecular formula is C17H25NO. The highest BCUT2D eigenvalue weighted by molar-refractivity contribution is 5.38. The van der Waals surface area contributed by atoms with Gasteiger partial charge >= 0.3 is 0 Å². The van der Waals surface area contributed by atoms with E-state index in [1.807, 2.05) is 0 Å². The van der Waals surface area contributed by atoms with Crippen molar-refractivity contribution < 1.29 is 4.74 Å². The van der Waals surface area contributed by atoms with Crippen molar-refractivity contribution in [3.8, 4) is 0 Å². The number of hydrogen-bond acceptors (Lipinski definition) is 2. The summed E-state index contributed by atoms with van der Waals surface area (Å²) in [5.41, 5.74) is 2.94. The molecule has 0 aromatic heterocycles. The Kier molecular flexibility index (Phi) is 3.64. The van der Waals surface area contributed by atoms with E-state index in [-0.39, 0.29) is 5.60 Å². The lowest BCUT2D eigenvalue weighted by atomic mass is 9.70. The van der Waals surface area contributed by atoms with E-state index in [9.17, 15) is 0 Å². The van der Waals surface area contributed by atoms with Crippen molar-refractivity contribution in [3.05, 3.63) is 35.4 Å². The summed E-state index contributed by atoms with van der Waals surface area (Å²) >= 11 is 0. The molecule has 1 aromatic rings. The summed E-state index contributed by atoms with van der Waals surface area (Å²) in [5.74, 6) is 0.671. The minimum atomic E-state index is -0.0197. The summed E-state index contributed by atoms with van der Waals surface area (Å²) in [6.45, 7) is 6.48. The first-order chi connectivity index (χ1) is 9.25. The molecule has 1 aliphatic carbocycles. The Morgan fingerprint density at radius 1 is 1.32 bits per heavy atom. The molecule has 0 amide bonds. The molecule has 1 aliphatic heterocycles. The van der Waals surface area contributed by atoms with Gasteiger partial charge in [0.2, 0.25) is 0 Å². The maximum absolute atomic E-state index is 6.32. The van der Waals surface area contributed by atoms with Crippen molar-refractivity contribution in [2.75, 3.05) is 13.2 Å². The van der Waals surface area contributed by atoms with Crippen molar-refractivity contribution in [1.29, 1.82) is 0 Å². The topological polar surface area (TPSA) is 21.3 Å². The molecule has 3 unspecified atom stereocenters. The van der Waals surface area contributed by atoms with E-state index in [4.69, 9.17) is 4.74 Å². The Labute approximate surface area is 116 Å². The summed E-state index contributed by atoms with van der Waals surface area (Å²) < 4.78 is 6.32. The van der Waals surface area contributed by atoms with Crippen molar-refractivity contribution in [2.24, 2.45) is 0 Å². The van der Waals surface area contributed by atoms with Crippen LogP contribution in [-0.4, -0.2) is 19.2 Å². The summed E-state index contributed by atoms with van der Waals surface area (Å²) in [6.07, 6.45) is 4.70. The van der Waals surface area contributed by atoms with E-state index < -0.39 is 0 Å². The average molecular weight is 259 g/mol. The standard InChI is InChI=1S/C17H25NO/c1-3-18-14-9-11-19-17(12-14)10-8-13(2)15-6-4-5-7-16(15)17/h4-7,13-14,18H,3,8-12H2,1-2H3. The summed E-state index contributed by atoms with van der Waals surface area (Å²) in [4.78, 5) is 0. The van der Waals surface area contributed by atoms with Gasteiger partial charge in [-0.05, 0) is 49.3 Å². The predicted octanol–water partition coefficient (Wildman–Crippen LogP) is 3.57. The van der Waals surface area contributed by atoms with Crippen LogP contribution in [0.5, 0.6) is 0 Å². The second-order valence-corrected chi connectivity index (χ2v) is 6.12. The van der Waals surface area contributed by atoms with Gasteiger partial charge < -0.3 is 10.1 Å². The number of rotatable bonds is 2. The summed E-state index contributed by atoms with van der Waals surface area (Å²) in [6, 6.07) is 9.53. The fourth-order valence-corrected chi connectivity index (χ4v) is 3.86. The average Bonchev–Trinajstić information content (AvgIpc) is 2.45. The van der Waals surface area contributed by atoms with Crippen LogP contribution in [0.1, 0.15) is 56.6 Å². The van der Waals surface area contributed by atoms with Crippen LogP contribution in [0.25, 0.3) is 0 Å². The monoisotopic (exact) mass is 259 g/mol. The van der Waals surface area contributed by atoms with Crippen molar-refractivity contribution in [2.45, 2.75) is 57.1 Å². The maximum Gasteiger partial charge on any atom is 0.0949 e. The number of fused-ring (bicyclic) bond motifs is 2. The van der Waals surface area contributed by atoms with E-state index in [2.05, 4.69) is 43.4 Å². The number of benzene rings is 1. The third kappa shape index (κ3) is 2.32. The molecule has 2 heteroatoms. The fraction of sp³-hybridized carbons (Fsp3) is 0.647. The molecule has 0 saturated carbocycles. The molecule has 2 nitrogen and oxygen atoms in total. The molecule has 1 saturated heterocycles. The second-order valence-electron chi connectivity index (χ2n) is 6.12. The lowest BCUT2D eigenvalue weighted by Crippen LogP contribution is -2.47. The minimum absolute atomic E-state index is 0.0197. The van der Waals surface area contributed by atoms with Crippen LogP contribution < -0.4 is 5.32 Å². The van der Waals surface area contributed by atoms with E-state index in [1.54, 1.807) is 0 Å².